The largest absolute Gasteiger partial charge is 0.490 e. The van der Waals surface area contributed by atoms with Gasteiger partial charge in [-0.3, -0.25) is 9.69 Å². The number of hydrogen-bond acceptors (Lipinski definition) is 6. The molecular weight excluding hydrogens is 432 g/mol. The monoisotopic (exact) mass is 468 g/mol. The van der Waals surface area contributed by atoms with E-state index in [2.05, 4.69) is 4.90 Å². The average molecular weight is 469 g/mol. The van der Waals surface area contributed by atoms with Crippen molar-refractivity contribution in [3.8, 4) is 17.2 Å². The third kappa shape index (κ3) is 6.87. The Morgan fingerprint density at radius 1 is 0.912 bits per heavy atom. The molecule has 0 radical (unpaired) electrons. The third-order valence-corrected chi connectivity index (χ3v) is 6.37. The van der Waals surface area contributed by atoms with E-state index in [9.17, 15) is 4.79 Å². The maximum atomic E-state index is 13.2. The van der Waals surface area contributed by atoms with Crippen LogP contribution in [0.5, 0.6) is 17.2 Å². The van der Waals surface area contributed by atoms with Crippen LogP contribution in [0.15, 0.2) is 48.5 Å². The Hall–Kier alpha value is -2.77. The molecule has 0 aliphatic carbocycles. The average Bonchev–Trinajstić information content (AvgIpc) is 2.89. The first-order chi connectivity index (χ1) is 16.7. The van der Waals surface area contributed by atoms with Gasteiger partial charge in [-0.15, -0.1) is 0 Å². The van der Waals surface area contributed by atoms with Crippen molar-refractivity contribution in [2.24, 2.45) is 5.92 Å². The van der Waals surface area contributed by atoms with Gasteiger partial charge in [0.1, 0.15) is 19.0 Å². The lowest BCUT2D eigenvalue weighted by Gasteiger charge is -2.36. The van der Waals surface area contributed by atoms with E-state index >= 15 is 0 Å². The fourth-order valence-corrected chi connectivity index (χ4v) is 4.51. The first-order valence-electron chi connectivity index (χ1n) is 12.4. The zero-order valence-electron chi connectivity index (χ0n) is 20.1. The van der Waals surface area contributed by atoms with E-state index in [4.69, 9.17) is 18.9 Å². The van der Waals surface area contributed by atoms with Crippen molar-refractivity contribution < 1.29 is 23.7 Å². The van der Waals surface area contributed by atoms with Crippen LogP contribution in [0.3, 0.4) is 0 Å². The number of nitrogens with zero attached hydrogens (tertiary/aromatic N) is 2. The number of morpholine rings is 1. The predicted molar refractivity (Wildman–Crippen MR) is 131 cm³/mol. The number of piperidine rings is 1. The third-order valence-electron chi connectivity index (χ3n) is 6.37. The normalized spacial score (nSPS) is 17.4. The zero-order valence-corrected chi connectivity index (χ0v) is 20.1. The number of amides is 1. The number of ether oxygens (including phenoxy) is 4. The van der Waals surface area contributed by atoms with Crippen LogP contribution in [-0.2, 0) is 4.74 Å². The fourth-order valence-electron chi connectivity index (χ4n) is 4.51. The number of likely N-dealkylation sites (tertiary alicyclic amines) is 1. The van der Waals surface area contributed by atoms with Gasteiger partial charge in [0.25, 0.3) is 5.91 Å². The minimum atomic E-state index is 0.0599. The van der Waals surface area contributed by atoms with Crippen LogP contribution >= 0.6 is 0 Å². The molecule has 2 heterocycles. The van der Waals surface area contributed by atoms with E-state index in [0.717, 1.165) is 64.5 Å². The smallest absolute Gasteiger partial charge is 0.253 e. The first kappa shape index (κ1) is 24.4. The number of benzene rings is 2. The molecule has 1 amide bonds. The van der Waals surface area contributed by atoms with Gasteiger partial charge in [-0.05, 0) is 56.0 Å². The zero-order chi connectivity index (χ0) is 23.6. The molecule has 34 heavy (non-hydrogen) atoms. The van der Waals surface area contributed by atoms with Gasteiger partial charge in [0.15, 0.2) is 11.5 Å². The number of rotatable bonds is 10. The van der Waals surface area contributed by atoms with Crippen LogP contribution in [0.2, 0.25) is 0 Å². The first-order valence-corrected chi connectivity index (χ1v) is 12.4. The minimum Gasteiger partial charge on any atom is -0.490 e. The summed E-state index contributed by atoms with van der Waals surface area (Å²) in [7, 11) is 0. The van der Waals surface area contributed by atoms with E-state index in [1.165, 1.54) is 0 Å². The second-order valence-corrected chi connectivity index (χ2v) is 8.75. The molecule has 0 bridgehead atoms. The van der Waals surface area contributed by atoms with Crippen molar-refractivity contribution in [1.29, 1.82) is 0 Å². The summed E-state index contributed by atoms with van der Waals surface area (Å²) in [5.41, 5.74) is 0.642. The SMILES string of the molecule is CCOc1cc(C(=O)N2CCC(CN3CCOCC3)CC2)ccc1OCCOc1ccccc1. The summed E-state index contributed by atoms with van der Waals surface area (Å²) < 4.78 is 22.8. The van der Waals surface area contributed by atoms with E-state index in [1.807, 2.05) is 54.3 Å². The van der Waals surface area contributed by atoms with E-state index in [1.54, 1.807) is 6.07 Å². The number of carbonyl (C=O) groups excluding carboxylic acids is 1. The van der Waals surface area contributed by atoms with Gasteiger partial charge in [0.2, 0.25) is 0 Å². The molecule has 184 valence electrons. The Labute approximate surface area is 202 Å². The Morgan fingerprint density at radius 2 is 1.65 bits per heavy atom. The summed E-state index contributed by atoms with van der Waals surface area (Å²) >= 11 is 0. The van der Waals surface area contributed by atoms with Crippen LogP contribution in [0.4, 0.5) is 0 Å². The molecular formula is C27H36N2O5. The summed E-state index contributed by atoms with van der Waals surface area (Å²) in [4.78, 5) is 17.6. The molecule has 2 aromatic carbocycles. The summed E-state index contributed by atoms with van der Waals surface area (Å²) in [5.74, 6) is 2.74. The van der Waals surface area contributed by atoms with Crippen molar-refractivity contribution in [1.82, 2.24) is 9.80 Å². The van der Waals surface area contributed by atoms with Crippen LogP contribution in [-0.4, -0.2) is 81.5 Å². The molecule has 4 rings (SSSR count). The topological polar surface area (TPSA) is 60.5 Å². The van der Waals surface area contributed by atoms with Gasteiger partial charge in [-0.1, -0.05) is 18.2 Å². The molecule has 2 fully saturated rings. The fraction of sp³-hybridized carbons (Fsp3) is 0.519. The number of hydrogen-bond donors (Lipinski definition) is 0. The Kier molecular flexibility index (Phi) is 9.04. The molecule has 2 aromatic rings. The lowest BCUT2D eigenvalue weighted by atomic mass is 9.95. The molecule has 0 saturated carbocycles. The highest BCUT2D eigenvalue weighted by Gasteiger charge is 2.26. The molecule has 7 nitrogen and oxygen atoms in total. The van der Waals surface area contributed by atoms with Crippen molar-refractivity contribution >= 4 is 5.91 Å². The Morgan fingerprint density at radius 3 is 2.38 bits per heavy atom. The number of carbonyl (C=O) groups is 1. The van der Waals surface area contributed by atoms with Crippen molar-refractivity contribution in [2.75, 3.05) is 65.8 Å². The summed E-state index contributed by atoms with van der Waals surface area (Å²) in [6, 6.07) is 15.1. The van der Waals surface area contributed by atoms with Crippen molar-refractivity contribution in [2.45, 2.75) is 19.8 Å². The lowest BCUT2D eigenvalue weighted by molar-refractivity contribution is 0.0243. The standard InChI is InChI=1S/C27H36N2O5/c1-2-32-26-20-23(8-9-25(26)34-19-18-33-24-6-4-3-5-7-24)27(30)29-12-10-22(11-13-29)21-28-14-16-31-17-15-28/h3-9,20,22H,2,10-19,21H2,1H3. The molecule has 0 spiro atoms. The van der Waals surface area contributed by atoms with E-state index in [0.29, 0.717) is 42.8 Å². The highest BCUT2D eigenvalue weighted by Crippen LogP contribution is 2.30. The maximum absolute atomic E-state index is 13.2. The van der Waals surface area contributed by atoms with Crippen molar-refractivity contribution in [3.05, 3.63) is 54.1 Å². The lowest BCUT2D eigenvalue weighted by Crippen LogP contribution is -2.44. The minimum absolute atomic E-state index is 0.0599. The van der Waals surface area contributed by atoms with Crippen LogP contribution in [0, 0.1) is 5.92 Å². The summed E-state index contributed by atoms with van der Waals surface area (Å²) in [5, 5.41) is 0. The maximum Gasteiger partial charge on any atom is 0.253 e. The summed E-state index contributed by atoms with van der Waals surface area (Å²) in [6.07, 6.45) is 2.09. The molecule has 0 unspecified atom stereocenters. The predicted octanol–water partition coefficient (Wildman–Crippen LogP) is 3.73. The highest BCUT2D eigenvalue weighted by atomic mass is 16.5. The molecule has 2 aliphatic rings. The van der Waals surface area contributed by atoms with Gasteiger partial charge in [-0.2, -0.15) is 0 Å². The highest BCUT2D eigenvalue weighted by molar-refractivity contribution is 5.95. The quantitative estimate of drug-likeness (QED) is 0.496. The second-order valence-electron chi connectivity index (χ2n) is 8.75. The second kappa shape index (κ2) is 12.6. The molecule has 0 aromatic heterocycles. The number of para-hydroxylation sites is 1. The molecule has 0 N–H and O–H groups in total. The summed E-state index contributed by atoms with van der Waals surface area (Å²) in [6.45, 7) is 9.66. The molecule has 2 saturated heterocycles. The molecule has 0 atom stereocenters. The molecule has 7 heteroatoms. The van der Waals surface area contributed by atoms with Gasteiger partial charge in [0.05, 0.1) is 19.8 Å². The van der Waals surface area contributed by atoms with Crippen LogP contribution in [0.1, 0.15) is 30.1 Å². The van der Waals surface area contributed by atoms with E-state index < -0.39 is 0 Å². The van der Waals surface area contributed by atoms with Gasteiger partial charge in [-0.25, -0.2) is 0 Å². The van der Waals surface area contributed by atoms with Gasteiger partial charge >= 0.3 is 0 Å². The van der Waals surface area contributed by atoms with Gasteiger partial charge in [0, 0.05) is 38.3 Å². The van der Waals surface area contributed by atoms with Crippen LogP contribution in [0.25, 0.3) is 0 Å². The van der Waals surface area contributed by atoms with Crippen LogP contribution < -0.4 is 14.2 Å². The van der Waals surface area contributed by atoms with Gasteiger partial charge < -0.3 is 23.8 Å². The molecule has 2 aliphatic heterocycles. The van der Waals surface area contributed by atoms with E-state index in [-0.39, 0.29) is 5.91 Å². The van der Waals surface area contributed by atoms with Crippen molar-refractivity contribution in [3.63, 3.8) is 0 Å². The Balaban J connectivity index is 1.28. The Bertz CT molecular complexity index is 893.